The zero-order valence-corrected chi connectivity index (χ0v) is 25.3. The van der Waals surface area contributed by atoms with Gasteiger partial charge >= 0.3 is 29.8 Å². The molecule has 43 heavy (non-hydrogen) atoms. The quantitative estimate of drug-likeness (QED) is 0.238. The molecule has 2 aliphatic carbocycles. The highest BCUT2D eigenvalue weighted by molar-refractivity contribution is 6.04. The van der Waals surface area contributed by atoms with Crippen molar-refractivity contribution in [3.8, 4) is 0 Å². The SMILES string of the molecule is CCOC(=O)C1=C(C(=O)OCC)C2OC1C=C2[C@@H]1C[C@]2(C)[C@H]3C(=O)[C@@H](OC(C)=O)C[C@@H](C(=O)OC)[C@]3(C)CC[C@H]2C(=O)O1. The highest BCUT2D eigenvalue weighted by Gasteiger charge is 2.68. The average Bonchev–Trinajstić information content (AvgIpc) is 3.53. The van der Waals surface area contributed by atoms with E-state index in [4.69, 9.17) is 28.4 Å². The Morgan fingerprint density at radius 2 is 1.65 bits per heavy atom. The number of cyclic esters (lactones) is 1. The lowest BCUT2D eigenvalue weighted by Crippen LogP contribution is -2.65. The minimum atomic E-state index is -1.16. The number of carbonyl (C=O) groups excluding carboxylic acids is 6. The number of ether oxygens (including phenoxy) is 6. The van der Waals surface area contributed by atoms with Gasteiger partial charge in [0.05, 0.1) is 43.3 Å². The zero-order chi connectivity index (χ0) is 31.4. The number of fused-ring (bicyclic) bond motifs is 5. The van der Waals surface area contributed by atoms with E-state index in [1.807, 2.05) is 13.8 Å². The first-order chi connectivity index (χ1) is 20.3. The van der Waals surface area contributed by atoms with E-state index in [0.29, 0.717) is 18.4 Å². The van der Waals surface area contributed by atoms with Crippen LogP contribution in [-0.4, -0.2) is 80.4 Å². The van der Waals surface area contributed by atoms with Crippen LogP contribution < -0.4 is 0 Å². The van der Waals surface area contributed by atoms with Gasteiger partial charge in [0.15, 0.2) is 11.9 Å². The van der Waals surface area contributed by atoms with E-state index in [-0.39, 0.29) is 43.0 Å². The fourth-order valence-corrected chi connectivity index (χ4v) is 8.35. The Kier molecular flexibility index (Phi) is 8.04. The lowest BCUT2D eigenvalue weighted by molar-refractivity contribution is -0.207. The van der Waals surface area contributed by atoms with Gasteiger partial charge in [-0.15, -0.1) is 0 Å². The van der Waals surface area contributed by atoms with Crippen LogP contribution in [0.15, 0.2) is 22.8 Å². The molecule has 0 aromatic carbocycles. The van der Waals surface area contributed by atoms with Crippen molar-refractivity contribution in [1.29, 1.82) is 0 Å². The summed E-state index contributed by atoms with van der Waals surface area (Å²) in [6.45, 7) is 8.37. The van der Waals surface area contributed by atoms with Gasteiger partial charge in [0.1, 0.15) is 18.3 Å². The molecule has 0 N–H and O–H groups in total. The molecule has 5 rings (SSSR count). The largest absolute Gasteiger partial charge is 0.469 e. The Balaban J connectivity index is 1.53. The molecule has 3 heterocycles. The lowest BCUT2D eigenvalue weighted by Gasteiger charge is -2.61. The summed E-state index contributed by atoms with van der Waals surface area (Å²) in [6, 6.07) is 0. The third-order valence-corrected chi connectivity index (χ3v) is 10.0. The summed E-state index contributed by atoms with van der Waals surface area (Å²) < 4.78 is 32.9. The van der Waals surface area contributed by atoms with Gasteiger partial charge in [0.2, 0.25) is 0 Å². The number of ketones is 1. The van der Waals surface area contributed by atoms with Gasteiger partial charge in [-0.2, -0.15) is 0 Å². The minimum absolute atomic E-state index is 0.000212. The number of hydrogen-bond donors (Lipinski definition) is 0. The van der Waals surface area contributed by atoms with Crippen LogP contribution in [0.5, 0.6) is 0 Å². The molecule has 0 aromatic rings. The molecule has 234 valence electrons. The molecular formula is C31H38O12. The third kappa shape index (κ3) is 4.78. The molecule has 12 heteroatoms. The van der Waals surface area contributed by atoms with E-state index in [9.17, 15) is 28.8 Å². The van der Waals surface area contributed by atoms with Crippen molar-refractivity contribution in [3.05, 3.63) is 22.8 Å². The summed E-state index contributed by atoms with van der Waals surface area (Å²) in [5.74, 6) is -5.66. The molecule has 9 atom stereocenters. The van der Waals surface area contributed by atoms with E-state index in [1.165, 1.54) is 14.0 Å². The van der Waals surface area contributed by atoms with Crippen molar-refractivity contribution in [3.63, 3.8) is 0 Å². The fraction of sp³-hybridized carbons (Fsp3) is 0.677. The second-order valence-electron chi connectivity index (χ2n) is 12.3. The standard InChI is InChI=1S/C31H38O12/c1-7-39-28(36)21-18-11-15(24(42-18)22(21)29(37)40-8-2)20-13-31(5)16(27(35)43-20)9-10-30(4)17(26(34)38-6)12-19(41-14(3)32)23(33)25(30)31/h11,16-20,24-25H,7-10,12-13H2,1-6H3/t16-,17-,18?,19-,20-,24?,25-,30-,31-/m0/s1. The lowest BCUT2D eigenvalue weighted by atomic mass is 9.43. The number of rotatable bonds is 7. The van der Waals surface area contributed by atoms with Crippen molar-refractivity contribution in [2.45, 2.75) is 84.7 Å². The van der Waals surface area contributed by atoms with Crippen LogP contribution in [-0.2, 0) is 57.2 Å². The molecule has 0 radical (unpaired) electrons. The van der Waals surface area contributed by atoms with Crippen molar-refractivity contribution in [2.75, 3.05) is 20.3 Å². The molecule has 2 bridgehead atoms. The summed E-state index contributed by atoms with van der Waals surface area (Å²) in [5.41, 5.74) is -1.34. The Morgan fingerprint density at radius 1 is 1.00 bits per heavy atom. The van der Waals surface area contributed by atoms with Gasteiger partial charge in [-0.05, 0) is 50.0 Å². The van der Waals surface area contributed by atoms with E-state index in [0.717, 1.165) is 0 Å². The first kappa shape index (κ1) is 30.9. The maximum absolute atomic E-state index is 14.1. The van der Waals surface area contributed by atoms with Gasteiger partial charge < -0.3 is 28.4 Å². The van der Waals surface area contributed by atoms with Crippen LogP contribution in [0.3, 0.4) is 0 Å². The summed E-state index contributed by atoms with van der Waals surface area (Å²) >= 11 is 0. The summed E-state index contributed by atoms with van der Waals surface area (Å²) in [6.07, 6.45) is -1.34. The van der Waals surface area contributed by atoms with E-state index >= 15 is 0 Å². The van der Waals surface area contributed by atoms with Crippen LogP contribution in [0.1, 0.15) is 60.3 Å². The highest BCUT2D eigenvalue weighted by Crippen LogP contribution is 2.64. The molecule has 5 aliphatic rings. The molecule has 1 saturated heterocycles. The van der Waals surface area contributed by atoms with Crippen molar-refractivity contribution in [1.82, 2.24) is 0 Å². The van der Waals surface area contributed by atoms with Crippen molar-refractivity contribution in [2.24, 2.45) is 28.6 Å². The van der Waals surface area contributed by atoms with Crippen LogP contribution in [0, 0.1) is 28.6 Å². The fourth-order valence-electron chi connectivity index (χ4n) is 8.35. The van der Waals surface area contributed by atoms with Gasteiger partial charge in [0, 0.05) is 24.8 Å². The number of Topliss-reactive ketones (excluding diaryl/α,β-unsaturated/α-hetero) is 1. The number of hydrogen-bond acceptors (Lipinski definition) is 12. The number of carbonyl (C=O) groups is 6. The first-order valence-electron chi connectivity index (χ1n) is 14.8. The van der Waals surface area contributed by atoms with Crippen molar-refractivity contribution < 1.29 is 57.2 Å². The Bertz CT molecular complexity index is 1330. The third-order valence-electron chi connectivity index (χ3n) is 10.0. The Morgan fingerprint density at radius 3 is 2.26 bits per heavy atom. The molecular weight excluding hydrogens is 564 g/mol. The molecule has 3 aliphatic heterocycles. The molecule has 2 unspecified atom stereocenters. The predicted molar refractivity (Wildman–Crippen MR) is 145 cm³/mol. The molecule has 3 fully saturated rings. The van der Waals surface area contributed by atoms with Crippen molar-refractivity contribution >= 4 is 35.6 Å². The molecule has 0 spiro atoms. The topological polar surface area (TPSA) is 158 Å². The highest BCUT2D eigenvalue weighted by atomic mass is 16.6. The van der Waals surface area contributed by atoms with Gasteiger partial charge in [0.25, 0.3) is 0 Å². The maximum Gasteiger partial charge on any atom is 0.337 e. The zero-order valence-electron chi connectivity index (χ0n) is 25.3. The van der Waals surface area contributed by atoms with Crippen LogP contribution in [0.25, 0.3) is 0 Å². The summed E-state index contributed by atoms with van der Waals surface area (Å²) in [4.78, 5) is 78.6. The first-order valence-corrected chi connectivity index (χ1v) is 14.8. The van der Waals surface area contributed by atoms with E-state index < -0.39 is 82.8 Å². The minimum Gasteiger partial charge on any atom is -0.469 e. The van der Waals surface area contributed by atoms with Gasteiger partial charge in [-0.25, -0.2) is 9.59 Å². The van der Waals surface area contributed by atoms with Crippen LogP contribution in [0.2, 0.25) is 0 Å². The average molecular weight is 603 g/mol. The molecule has 2 saturated carbocycles. The predicted octanol–water partition coefficient (Wildman–Crippen LogP) is 2.16. The van der Waals surface area contributed by atoms with Gasteiger partial charge in [-0.3, -0.25) is 19.2 Å². The maximum atomic E-state index is 14.1. The Hall–Kier alpha value is -3.54. The second kappa shape index (κ2) is 11.2. The summed E-state index contributed by atoms with van der Waals surface area (Å²) in [5, 5.41) is 0. The van der Waals surface area contributed by atoms with Crippen LogP contribution in [0.4, 0.5) is 0 Å². The molecule has 0 aromatic heterocycles. The smallest absolute Gasteiger partial charge is 0.337 e. The molecule has 12 nitrogen and oxygen atoms in total. The van der Waals surface area contributed by atoms with E-state index in [2.05, 4.69) is 0 Å². The second-order valence-corrected chi connectivity index (χ2v) is 12.3. The summed E-state index contributed by atoms with van der Waals surface area (Å²) in [7, 11) is 1.28. The van der Waals surface area contributed by atoms with Gasteiger partial charge in [-0.1, -0.05) is 13.8 Å². The van der Waals surface area contributed by atoms with E-state index in [1.54, 1.807) is 19.9 Å². The number of esters is 5. The monoisotopic (exact) mass is 602 g/mol. The number of methoxy groups -OCH3 is 1. The normalized spacial score (nSPS) is 37.9. The Labute approximate surface area is 249 Å². The van der Waals surface area contributed by atoms with Crippen LogP contribution >= 0.6 is 0 Å². The molecule has 0 amide bonds.